The number of nitrogens with zero attached hydrogens (tertiary/aromatic N) is 1. The standard InChI is InChI=1S/C4H9N3O2.K.H2O4S.H/c1-7(4(5)6)2-3(8)9;;1-5(2,3)4;/h2H2,1H3,(H3,5,6)(H,8,9);;(H2,1,2,3,4);. The van der Waals surface area contributed by atoms with Gasteiger partial charge >= 0.3 is 67.8 Å². The molecule has 0 rings (SSSR count). The average Bonchev–Trinajstić information content (AvgIpc) is 1.80. The van der Waals surface area contributed by atoms with Gasteiger partial charge in [-0.2, -0.15) is 8.42 Å². The first-order valence-electron chi connectivity index (χ1n) is 3.01. The number of aliphatic carboxylic acids is 1. The molecule has 0 amide bonds. The van der Waals surface area contributed by atoms with Gasteiger partial charge in [0.25, 0.3) is 0 Å². The van der Waals surface area contributed by atoms with Crippen LogP contribution >= 0.6 is 0 Å². The summed E-state index contributed by atoms with van der Waals surface area (Å²) in [5.41, 5.74) is 4.93. The van der Waals surface area contributed by atoms with Crippen LogP contribution in [0.15, 0.2) is 0 Å². The van der Waals surface area contributed by atoms with Gasteiger partial charge in [-0.05, 0) is 0 Å². The molecule has 9 nitrogen and oxygen atoms in total. The summed E-state index contributed by atoms with van der Waals surface area (Å²) >= 11 is 0. The van der Waals surface area contributed by atoms with Gasteiger partial charge in [0.05, 0.1) is 0 Å². The molecule has 0 unspecified atom stereocenters. The van der Waals surface area contributed by atoms with Crippen molar-refractivity contribution in [3.63, 3.8) is 0 Å². The van der Waals surface area contributed by atoms with Gasteiger partial charge in [0.1, 0.15) is 6.54 Å². The Morgan fingerprint density at radius 1 is 1.47 bits per heavy atom. The number of likely N-dealkylation sites (N-methyl/N-ethyl adjacent to an activating group) is 1. The molecule has 0 bridgehead atoms. The molecule has 0 atom stereocenters. The summed E-state index contributed by atoms with van der Waals surface area (Å²) in [6, 6.07) is 0. The molecule has 0 aromatic rings. The van der Waals surface area contributed by atoms with E-state index in [0.717, 1.165) is 4.90 Å². The third-order valence-corrected chi connectivity index (χ3v) is 0.784. The van der Waals surface area contributed by atoms with Gasteiger partial charge in [-0.3, -0.25) is 19.3 Å². The second-order valence-corrected chi connectivity index (χ2v) is 2.98. The van der Waals surface area contributed by atoms with E-state index in [1.807, 2.05) is 0 Å². The van der Waals surface area contributed by atoms with Crippen LogP contribution in [0.1, 0.15) is 0 Å². The number of carbonyl (C=O) groups is 1. The Labute approximate surface area is 129 Å². The van der Waals surface area contributed by atoms with E-state index < -0.39 is 16.4 Å². The maximum absolute atomic E-state index is 9.92. The first kappa shape index (κ1) is 20.6. The van der Waals surface area contributed by atoms with E-state index in [2.05, 4.69) is 0 Å². The molecule has 0 aromatic carbocycles. The van der Waals surface area contributed by atoms with Crippen LogP contribution in [0.5, 0.6) is 0 Å². The van der Waals surface area contributed by atoms with E-state index in [1.165, 1.54) is 7.05 Å². The third-order valence-electron chi connectivity index (χ3n) is 0.784. The number of hydrogen-bond acceptors (Lipinski definition) is 4. The molecule has 0 fully saturated rings. The molecule has 86 valence electrons. The summed E-state index contributed by atoms with van der Waals surface area (Å²) in [7, 11) is -3.23. The summed E-state index contributed by atoms with van der Waals surface area (Å²) in [4.78, 5) is 11.0. The average molecular weight is 269 g/mol. The van der Waals surface area contributed by atoms with E-state index in [0.29, 0.717) is 0 Å². The number of guanidine groups is 1. The van der Waals surface area contributed by atoms with E-state index >= 15 is 0 Å². The number of carboxylic acid groups (broad SMARTS) is 1. The SMILES string of the molecule is CN(CC(=O)O)C(=N)N.O=S(=O)(O)O.[KH]. The molecule has 0 spiro atoms. The van der Waals surface area contributed by atoms with Gasteiger partial charge in [0.15, 0.2) is 5.96 Å². The van der Waals surface area contributed by atoms with Crippen molar-refractivity contribution < 1.29 is 27.4 Å². The van der Waals surface area contributed by atoms with Gasteiger partial charge < -0.3 is 15.7 Å². The Bertz CT molecular complexity index is 295. The molecule has 0 saturated heterocycles. The molecule has 0 aliphatic carbocycles. The second-order valence-electron chi connectivity index (χ2n) is 2.08. The van der Waals surface area contributed by atoms with Crippen LogP contribution < -0.4 is 5.73 Å². The van der Waals surface area contributed by atoms with Gasteiger partial charge in [-0.15, -0.1) is 0 Å². The van der Waals surface area contributed by atoms with E-state index in [-0.39, 0.29) is 63.9 Å². The van der Waals surface area contributed by atoms with Crippen LogP contribution in [0.3, 0.4) is 0 Å². The van der Waals surface area contributed by atoms with Gasteiger partial charge in [0, 0.05) is 7.05 Å². The monoisotopic (exact) mass is 269 g/mol. The predicted octanol–water partition coefficient (Wildman–Crippen LogP) is -2.41. The summed E-state index contributed by atoms with van der Waals surface area (Å²) in [5.74, 6) is -1.23. The van der Waals surface area contributed by atoms with Crippen molar-refractivity contribution in [3.05, 3.63) is 0 Å². The molecular formula is C4H12KN3O6S. The van der Waals surface area contributed by atoms with Crippen LogP contribution in [0.4, 0.5) is 0 Å². The summed E-state index contributed by atoms with van der Waals surface area (Å²) in [5, 5.41) is 14.9. The van der Waals surface area contributed by atoms with Crippen LogP contribution in [0.2, 0.25) is 0 Å². The Morgan fingerprint density at radius 2 is 1.73 bits per heavy atom. The first-order chi connectivity index (χ1) is 6.04. The van der Waals surface area contributed by atoms with Crippen molar-refractivity contribution in [1.82, 2.24) is 4.90 Å². The molecule has 11 heteroatoms. The van der Waals surface area contributed by atoms with E-state index in [4.69, 9.17) is 33.8 Å². The van der Waals surface area contributed by atoms with Crippen molar-refractivity contribution in [2.75, 3.05) is 13.6 Å². The zero-order valence-corrected chi connectivity index (χ0v) is 8.02. The summed E-state index contributed by atoms with van der Waals surface area (Å²) < 4.78 is 31.6. The summed E-state index contributed by atoms with van der Waals surface area (Å²) in [6.45, 7) is -0.227. The molecule has 0 saturated carbocycles. The Kier molecular flexibility index (Phi) is 13.0. The Morgan fingerprint density at radius 3 is 1.80 bits per heavy atom. The van der Waals surface area contributed by atoms with Gasteiger partial charge in [0.2, 0.25) is 0 Å². The van der Waals surface area contributed by atoms with Gasteiger partial charge in [-0.1, -0.05) is 0 Å². The third kappa shape index (κ3) is 31.4. The zero-order valence-electron chi connectivity index (χ0n) is 7.21. The second kappa shape index (κ2) is 9.47. The van der Waals surface area contributed by atoms with Crippen LogP contribution in [0.25, 0.3) is 0 Å². The quantitative estimate of drug-likeness (QED) is 0.160. The summed E-state index contributed by atoms with van der Waals surface area (Å²) in [6.07, 6.45) is 0. The van der Waals surface area contributed by atoms with E-state index in [9.17, 15) is 4.79 Å². The predicted molar refractivity (Wildman–Crippen MR) is 53.5 cm³/mol. The minimum atomic E-state index is -4.67. The number of hydrogen-bond donors (Lipinski definition) is 5. The molecule has 0 aliphatic heterocycles. The van der Waals surface area contributed by atoms with Crippen LogP contribution in [0, 0.1) is 5.41 Å². The molecule has 15 heavy (non-hydrogen) atoms. The Balaban J connectivity index is -0.000000208. The minimum absolute atomic E-state index is 0. The van der Waals surface area contributed by atoms with Crippen molar-refractivity contribution in [3.8, 4) is 0 Å². The fourth-order valence-corrected chi connectivity index (χ4v) is 0.288. The van der Waals surface area contributed by atoms with Crippen molar-refractivity contribution in [2.24, 2.45) is 5.73 Å². The zero-order chi connectivity index (χ0) is 11.9. The molecule has 0 aromatic heterocycles. The Hall–Kier alpha value is 0.246. The first-order valence-corrected chi connectivity index (χ1v) is 4.40. The fraction of sp³-hybridized carbons (Fsp3) is 0.500. The number of nitrogens with one attached hydrogen (secondary N) is 1. The fourth-order valence-electron chi connectivity index (χ4n) is 0.288. The molecule has 0 aliphatic rings. The van der Waals surface area contributed by atoms with Crippen molar-refractivity contribution in [1.29, 1.82) is 5.41 Å². The molecule has 0 radical (unpaired) electrons. The molecule has 6 N–H and O–H groups in total. The van der Waals surface area contributed by atoms with Crippen molar-refractivity contribution >= 4 is 73.7 Å². The number of carboxylic acids is 1. The molecular weight excluding hydrogens is 257 g/mol. The van der Waals surface area contributed by atoms with E-state index in [1.54, 1.807) is 0 Å². The van der Waals surface area contributed by atoms with Crippen LogP contribution in [-0.2, 0) is 15.2 Å². The molecule has 0 heterocycles. The maximum atomic E-state index is 9.92. The van der Waals surface area contributed by atoms with Gasteiger partial charge in [-0.25, -0.2) is 0 Å². The topological polar surface area (TPSA) is 165 Å². The normalized spacial score (nSPS) is 9.00. The number of nitrogens with two attached hydrogens (primary N) is 1. The van der Waals surface area contributed by atoms with Crippen LogP contribution in [-0.4, -0.2) is 104 Å². The van der Waals surface area contributed by atoms with Crippen molar-refractivity contribution in [2.45, 2.75) is 0 Å². The number of rotatable bonds is 2.